The van der Waals surface area contributed by atoms with Crippen LogP contribution in [0, 0.1) is 5.41 Å². The Hall–Kier alpha value is -5.26. The zero-order valence-electron chi connectivity index (χ0n) is 56.1. The second-order valence-corrected chi connectivity index (χ2v) is 24.0. The molecule has 1 unspecified atom stereocenters. The molecule has 1 amide bonds. The third-order valence-electron chi connectivity index (χ3n) is 15.5. The van der Waals surface area contributed by atoms with E-state index in [1.54, 1.807) is 0 Å². The predicted octanol–water partition coefficient (Wildman–Crippen LogP) is 15.5. The van der Waals surface area contributed by atoms with Crippen molar-refractivity contribution >= 4 is 47.9 Å². The standard InChI is InChI=1S/C71H122N2O16/c1-5-9-13-16-19-28-39-55-82-63(74)43-31-22-25-34-46-66(77)85-58-71(59-86-67(78)47-35-26-23-32-44-64(75)83-56-40-29-20-17-14-10-6-2,60-87-68(79)48-36-27-24-33-45-65(76)84-57-41-30-21-18-15-11-7-3)61-88-69(80)50-49-62(42-12-8-4)89-70(81)72-51-54-73-52-37-38-53-73/h19-21,28-30,62H,5-18,22-27,31-61H2,1-4H3,(H,72,81)/b28-19-,29-20-,30-21-. The second-order valence-electron chi connectivity index (χ2n) is 24.0. The molecule has 0 aromatic rings. The lowest BCUT2D eigenvalue weighted by molar-refractivity contribution is -0.171. The molecule has 89 heavy (non-hydrogen) atoms. The Labute approximate surface area is 537 Å². The number of carbonyl (C=O) groups excluding carboxylic acids is 8. The van der Waals surface area contributed by atoms with Gasteiger partial charge in [-0.15, -0.1) is 0 Å². The van der Waals surface area contributed by atoms with Crippen molar-refractivity contribution in [3.63, 3.8) is 0 Å². The number of unbranched alkanes of at least 4 members (excludes halogenated alkanes) is 19. The van der Waals surface area contributed by atoms with Crippen LogP contribution >= 0.6 is 0 Å². The van der Waals surface area contributed by atoms with Crippen LogP contribution in [0.3, 0.4) is 0 Å². The number of alkyl carbamates (subject to hydrolysis) is 1. The van der Waals surface area contributed by atoms with E-state index in [0.717, 1.165) is 83.8 Å². The van der Waals surface area contributed by atoms with E-state index in [1.165, 1.54) is 38.5 Å². The molecule has 0 bridgehead atoms. The molecule has 0 aliphatic carbocycles. The van der Waals surface area contributed by atoms with Crippen molar-refractivity contribution in [3.05, 3.63) is 36.5 Å². The lowest BCUT2D eigenvalue weighted by Gasteiger charge is -2.31. The molecule has 1 saturated heterocycles. The summed E-state index contributed by atoms with van der Waals surface area (Å²) in [5.41, 5.74) is -1.49. The minimum absolute atomic E-state index is 0.0536. The lowest BCUT2D eigenvalue weighted by atomic mass is 9.92. The summed E-state index contributed by atoms with van der Waals surface area (Å²) in [7, 11) is 0. The molecular formula is C71H122N2O16. The van der Waals surface area contributed by atoms with E-state index >= 15 is 0 Å². The van der Waals surface area contributed by atoms with Crippen LogP contribution in [0.2, 0.25) is 0 Å². The number of ether oxygens (including phenoxy) is 8. The highest BCUT2D eigenvalue weighted by molar-refractivity contribution is 5.72. The molecule has 1 aliphatic rings. The van der Waals surface area contributed by atoms with Gasteiger partial charge in [0.1, 0.15) is 37.9 Å². The van der Waals surface area contributed by atoms with Gasteiger partial charge in [-0.1, -0.05) is 154 Å². The Morgan fingerprint density at radius 3 is 1.02 bits per heavy atom. The van der Waals surface area contributed by atoms with Gasteiger partial charge in [-0.25, -0.2) is 4.79 Å². The normalized spacial score (nSPS) is 13.0. The molecule has 1 aliphatic heterocycles. The first-order valence-electron chi connectivity index (χ1n) is 35.1. The van der Waals surface area contributed by atoms with Crippen LogP contribution in [0.4, 0.5) is 4.79 Å². The number of hydrogen-bond acceptors (Lipinski definition) is 17. The fourth-order valence-corrected chi connectivity index (χ4v) is 9.82. The number of allylic oxidation sites excluding steroid dienone is 3. The average Bonchev–Trinajstić information content (AvgIpc) is 3.50. The maximum atomic E-state index is 13.7. The Morgan fingerprint density at radius 2 is 0.685 bits per heavy atom. The SMILES string of the molecule is CCCCC/C=C\CCOC(=O)CCCCCCC(=O)OCC(COC(=O)CCCCCCC(=O)OCC/C=C\CCCCC)(COC(=O)CCCCCCC(=O)OCC/C=C\CCCCC)COC(=O)CCC(CCCC)OC(=O)NCCN1CCCC1. The second kappa shape index (κ2) is 59.1. The van der Waals surface area contributed by atoms with Crippen molar-refractivity contribution < 1.29 is 76.3 Å². The Bertz CT molecular complexity index is 1770. The van der Waals surface area contributed by atoms with Gasteiger partial charge in [-0.05, 0) is 135 Å². The number of esters is 7. The van der Waals surface area contributed by atoms with Crippen molar-refractivity contribution in [1.82, 2.24) is 10.2 Å². The van der Waals surface area contributed by atoms with Gasteiger partial charge in [-0.3, -0.25) is 33.6 Å². The Morgan fingerprint density at radius 1 is 0.371 bits per heavy atom. The number of amides is 1. The van der Waals surface area contributed by atoms with E-state index in [1.807, 2.05) is 6.92 Å². The zero-order chi connectivity index (χ0) is 64.9. The third kappa shape index (κ3) is 52.1. The van der Waals surface area contributed by atoms with Gasteiger partial charge in [0.2, 0.25) is 0 Å². The molecule has 0 aromatic carbocycles. The average molecular weight is 1260 g/mol. The molecule has 0 saturated carbocycles. The molecule has 0 radical (unpaired) electrons. The van der Waals surface area contributed by atoms with Gasteiger partial charge in [-0.2, -0.15) is 0 Å². The maximum Gasteiger partial charge on any atom is 0.407 e. The van der Waals surface area contributed by atoms with E-state index in [9.17, 15) is 38.4 Å². The van der Waals surface area contributed by atoms with Crippen LogP contribution < -0.4 is 5.32 Å². The largest absolute Gasteiger partial charge is 0.465 e. The molecule has 1 heterocycles. The molecule has 18 nitrogen and oxygen atoms in total. The molecule has 512 valence electrons. The summed E-state index contributed by atoms with van der Waals surface area (Å²) < 4.78 is 45.3. The minimum atomic E-state index is -1.49. The fraction of sp³-hybridized carbons (Fsp3) is 0.803. The van der Waals surface area contributed by atoms with Crippen molar-refractivity contribution in [2.75, 3.05) is 72.4 Å². The van der Waals surface area contributed by atoms with Crippen LogP contribution in [-0.4, -0.2) is 131 Å². The summed E-state index contributed by atoms with van der Waals surface area (Å²) in [6.45, 7) is 11.1. The first kappa shape index (κ1) is 81.8. The van der Waals surface area contributed by atoms with E-state index < -0.39 is 67.9 Å². The van der Waals surface area contributed by atoms with E-state index in [0.29, 0.717) is 129 Å². The number of nitrogens with one attached hydrogen (secondary N) is 1. The highest BCUT2D eigenvalue weighted by Gasteiger charge is 2.38. The van der Waals surface area contributed by atoms with Crippen molar-refractivity contribution in [3.8, 4) is 0 Å². The topological polar surface area (TPSA) is 226 Å². The summed E-state index contributed by atoms with van der Waals surface area (Å²) in [5.74, 6) is -3.03. The van der Waals surface area contributed by atoms with Gasteiger partial charge in [0.05, 0.1) is 19.8 Å². The number of hydrogen-bond donors (Lipinski definition) is 1. The van der Waals surface area contributed by atoms with Gasteiger partial charge in [0.15, 0.2) is 0 Å². The van der Waals surface area contributed by atoms with Crippen molar-refractivity contribution in [2.45, 2.75) is 291 Å². The highest BCUT2D eigenvalue weighted by Crippen LogP contribution is 2.24. The lowest BCUT2D eigenvalue weighted by Crippen LogP contribution is -2.44. The monoisotopic (exact) mass is 1260 g/mol. The van der Waals surface area contributed by atoms with Gasteiger partial charge >= 0.3 is 47.9 Å². The Balaban J connectivity index is 3.06. The third-order valence-corrected chi connectivity index (χ3v) is 15.5. The summed E-state index contributed by atoms with van der Waals surface area (Å²) in [4.78, 5) is 106. The van der Waals surface area contributed by atoms with E-state index in [-0.39, 0.29) is 69.3 Å². The van der Waals surface area contributed by atoms with Crippen molar-refractivity contribution in [2.24, 2.45) is 5.41 Å². The highest BCUT2D eigenvalue weighted by atomic mass is 16.6. The van der Waals surface area contributed by atoms with Crippen LogP contribution in [0.5, 0.6) is 0 Å². The molecule has 1 atom stereocenters. The van der Waals surface area contributed by atoms with Gasteiger partial charge in [0.25, 0.3) is 0 Å². The fourth-order valence-electron chi connectivity index (χ4n) is 9.82. The van der Waals surface area contributed by atoms with Crippen LogP contribution in [-0.2, 0) is 71.5 Å². The first-order chi connectivity index (χ1) is 43.3. The Kier molecular flexibility index (Phi) is 54.3. The maximum absolute atomic E-state index is 13.7. The zero-order valence-corrected chi connectivity index (χ0v) is 56.1. The van der Waals surface area contributed by atoms with Gasteiger partial charge in [0, 0.05) is 58.0 Å². The summed E-state index contributed by atoms with van der Waals surface area (Å²) in [6.07, 6.45) is 40.1. The molecule has 1 rings (SSSR count). The van der Waals surface area contributed by atoms with Crippen LogP contribution in [0.1, 0.15) is 285 Å². The minimum Gasteiger partial charge on any atom is -0.465 e. The quantitative estimate of drug-likeness (QED) is 0.0258. The van der Waals surface area contributed by atoms with E-state index in [2.05, 4.69) is 67.4 Å². The van der Waals surface area contributed by atoms with Gasteiger partial charge < -0.3 is 48.1 Å². The molecule has 1 fully saturated rings. The van der Waals surface area contributed by atoms with Crippen LogP contribution in [0.25, 0.3) is 0 Å². The molecule has 1 N–H and O–H groups in total. The predicted molar refractivity (Wildman–Crippen MR) is 349 cm³/mol. The molecular weight excluding hydrogens is 1140 g/mol. The summed E-state index contributed by atoms with van der Waals surface area (Å²) >= 11 is 0. The number of nitrogens with zero attached hydrogens (tertiary/aromatic N) is 1. The summed E-state index contributed by atoms with van der Waals surface area (Å²) in [5, 5.41) is 2.84. The summed E-state index contributed by atoms with van der Waals surface area (Å²) in [6, 6.07) is 0. The number of rotatable bonds is 60. The van der Waals surface area contributed by atoms with Crippen LogP contribution in [0.15, 0.2) is 36.5 Å². The number of carbonyl (C=O) groups is 8. The molecule has 0 spiro atoms. The molecule has 18 heteroatoms. The van der Waals surface area contributed by atoms with E-state index in [4.69, 9.17) is 37.9 Å². The smallest absolute Gasteiger partial charge is 0.407 e. The van der Waals surface area contributed by atoms with Crippen molar-refractivity contribution in [1.29, 1.82) is 0 Å². The molecule has 0 aromatic heterocycles. The first-order valence-corrected chi connectivity index (χ1v) is 35.1. The number of likely N-dealkylation sites (tertiary alicyclic amines) is 1.